The molecule has 6 aromatic rings. The van der Waals surface area contributed by atoms with Crippen LogP contribution in [0.3, 0.4) is 0 Å². The number of likely N-dealkylation sites (tertiary alicyclic amines) is 1. The first-order chi connectivity index (χ1) is 39.5. The largest absolute Gasteiger partial charge is 0.461 e. The number of hydrogen-bond donors (Lipinski definition) is 1. The maximum absolute atomic E-state index is 17.5. The van der Waals surface area contributed by atoms with E-state index in [-0.39, 0.29) is 89.9 Å². The van der Waals surface area contributed by atoms with E-state index >= 15 is 8.78 Å². The van der Waals surface area contributed by atoms with Crippen molar-refractivity contribution in [3.8, 4) is 29.6 Å². The number of ether oxygens (including phenoxy) is 3. The summed E-state index contributed by atoms with van der Waals surface area (Å²) in [4.78, 5) is 87.6. The van der Waals surface area contributed by atoms with E-state index in [4.69, 9.17) is 30.6 Å². The van der Waals surface area contributed by atoms with Crippen molar-refractivity contribution in [3.05, 3.63) is 88.0 Å². The third-order valence-corrected chi connectivity index (χ3v) is 18.2. The Morgan fingerprint density at radius 2 is 1.68 bits per heavy atom. The maximum Gasteiger partial charge on any atom is 0.410 e. The number of terminal acetylenes is 1. The summed E-state index contributed by atoms with van der Waals surface area (Å²) < 4.78 is 54.3. The van der Waals surface area contributed by atoms with Crippen molar-refractivity contribution in [3.63, 3.8) is 0 Å². The number of rotatable bonds is 13. The Morgan fingerprint density at radius 3 is 2.44 bits per heavy atom. The average Bonchev–Trinajstić information content (AvgIpc) is 3.07. The molecule has 3 aromatic heterocycles. The molecule has 0 radical (unpaired) electrons. The summed E-state index contributed by atoms with van der Waals surface area (Å²) in [7, 11) is 1.73. The third-order valence-electron chi connectivity index (χ3n) is 18.2. The van der Waals surface area contributed by atoms with Crippen LogP contribution >= 0.6 is 0 Å². The molecule has 0 saturated carbocycles. The van der Waals surface area contributed by atoms with Crippen molar-refractivity contribution < 1.29 is 42.2 Å². The molecule has 1 N–H and O–H groups in total. The molecule has 0 aliphatic carbocycles. The van der Waals surface area contributed by atoms with Crippen LogP contribution in [0.1, 0.15) is 121 Å². The van der Waals surface area contributed by atoms with E-state index in [1.54, 1.807) is 42.1 Å². The van der Waals surface area contributed by atoms with Crippen LogP contribution in [-0.4, -0.2) is 138 Å². The van der Waals surface area contributed by atoms with Crippen LogP contribution in [0.5, 0.6) is 6.01 Å². The number of anilines is 1. The molecule has 6 aliphatic rings. The molecular formula is C62H70F2N10O8. The number of hydrogen-bond acceptors (Lipinski definition) is 13. The first-order valence-electron chi connectivity index (χ1n) is 29.1. The fourth-order valence-electron chi connectivity index (χ4n) is 14.2. The smallest absolute Gasteiger partial charge is 0.410 e. The van der Waals surface area contributed by atoms with E-state index in [0.717, 1.165) is 94.7 Å². The highest BCUT2D eigenvalue weighted by Gasteiger charge is 2.51. The molecule has 4 amide bonds. The normalized spacial score (nSPS) is 23.2. The molecule has 9 heterocycles. The van der Waals surface area contributed by atoms with Gasteiger partial charge in [0, 0.05) is 62.8 Å². The summed E-state index contributed by atoms with van der Waals surface area (Å²) in [6.45, 7) is 8.95. The number of benzene rings is 3. The van der Waals surface area contributed by atoms with Crippen molar-refractivity contribution in [2.75, 3.05) is 50.8 Å². The lowest BCUT2D eigenvalue weighted by atomic mass is 9.91. The SMILES string of the molecule is C#Cc1c(F)ccc2cccc(-c3ncc4c(N5CC6CCC(C5)N6C(=O)OC(C)(C)C)nc(OC[C@@]56CCCN5[C@H](COC(=O)N5CCC(CCCCc7cccc8c7n(C)c(=O)n8C7CCC(=O)NC7=O)CC5)CC6)nc4c3F)c12. The summed E-state index contributed by atoms with van der Waals surface area (Å²) in [5, 5.41) is 3.75. The standard InChI is InChI=1S/C62H70F2N10O8/c1-6-43-46(63)21-18-38-14-9-16-44(50(38)43)52-51(64)53-45(32-65-52)55(71-33-40-19-20-41(34-71)73(40)60(79)82-61(2,3)4)68-57(67-53)81-36-62-27-11-29-72(62)42(24-28-62)35-80-59(78)70-30-25-37(26-31-70)12-7-8-13-39-15-10-17-47-54(39)69(5)58(77)74(47)48-22-23-49(75)66-56(48)76/h1,9-10,14-18,21,32,37,40-42,48H,7-8,11-13,19-20,22-31,33-36H2,2-5H3,(H,66,75,76)/t40?,41?,42-,48?,62-/m0/s1. The number of nitrogens with one attached hydrogen (secondary N) is 1. The number of para-hydroxylation sites is 1. The number of unbranched alkanes of at least 4 members (excludes halogenated alkanes) is 1. The van der Waals surface area contributed by atoms with E-state index < -0.39 is 29.2 Å². The number of fused-ring (bicyclic) bond motifs is 6. The van der Waals surface area contributed by atoms with Crippen molar-refractivity contribution in [2.24, 2.45) is 13.0 Å². The van der Waals surface area contributed by atoms with Crippen LogP contribution in [0.15, 0.2) is 59.5 Å². The highest BCUT2D eigenvalue weighted by Crippen LogP contribution is 2.44. The third kappa shape index (κ3) is 10.2. The van der Waals surface area contributed by atoms with Crippen LogP contribution in [0.4, 0.5) is 24.2 Å². The van der Waals surface area contributed by atoms with Gasteiger partial charge in [-0.2, -0.15) is 9.97 Å². The number of aryl methyl sites for hydroxylation is 2. The number of halogens is 2. The lowest BCUT2D eigenvalue weighted by Crippen LogP contribution is -2.57. The number of imidazole rings is 1. The molecule has 20 heteroatoms. The predicted molar refractivity (Wildman–Crippen MR) is 304 cm³/mol. The number of piperazine rings is 1. The Kier molecular flexibility index (Phi) is 14.7. The minimum absolute atomic E-state index is 0.00164. The molecule has 3 unspecified atom stereocenters. The van der Waals surface area contributed by atoms with E-state index in [9.17, 15) is 24.0 Å². The number of aromatic nitrogens is 5. The summed E-state index contributed by atoms with van der Waals surface area (Å²) in [5.41, 5.74) is 1.55. The van der Waals surface area contributed by atoms with Gasteiger partial charge in [0.05, 0.1) is 39.6 Å². The molecule has 5 atom stereocenters. The van der Waals surface area contributed by atoms with Gasteiger partial charge in [-0.3, -0.25) is 38.8 Å². The summed E-state index contributed by atoms with van der Waals surface area (Å²) in [6.07, 6.45) is 17.7. The van der Waals surface area contributed by atoms with Gasteiger partial charge in [-0.15, -0.1) is 6.42 Å². The Bertz CT molecular complexity index is 3620. The van der Waals surface area contributed by atoms with Crippen LogP contribution in [0, 0.1) is 29.9 Å². The number of amides is 4. The summed E-state index contributed by atoms with van der Waals surface area (Å²) in [6, 6.07) is 12.9. The zero-order valence-corrected chi connectivity index (χ0v) is 47.1. The monoisotopic (exact) mass is 1120 g/mol. The molecule has 6 fully saturated rings. The number of imide groups is 1. The van der Waals surface area contributed by atoms with Crippen molar-refractivity contribution in [1.29, 1.82) is 0 Å². The number of pyridine rings is 1. The van der Waals surface area contributed by atoms with Gasteiger partial charge in [0.15, 0.2) is 5.82 Å². The van der Waals surface area contributed by atoms with E-state index in [1.807, 2.05) is 48.8 Å². The fraction of sp³-hybridized carbons (Fsp3) is 0.516. The summed E-state index contributed by atoms with van der Waals surface area (Å²) >= 11 is 0. The first-order valence-corrected chi connectivity index (χ1v) is 29.1. The van der Waals surface area contributed by atoms with Crippen LogP contribution in [-0.2, 0) is 32.5 Å². The van der Waals surface area contributed by atoms with E-state index in [1.165, 1.54) is 10.6 Å². The van der Waals surface area contributed by atoms with Gasteiger partial charge in [-0.05, 0) is 127 Å². The van der Waals surface area contributed by atoms with Crippen molar-refractivity contribution in [1.82, 2.24) is 44.1 Å². The molecule has 82 heavy (non-hydrogen) atoms. The quantitative estimate of drug-likeness (QED) is 0.0657. The molecule has 2 bridgehead atoms. The van der Waals surface area contributed by atoms with Gasteiger partial charge in [0.2, 0.25) is 11.8 Å². The first kappa shape index (κ1) is 54.9. The van der Waals surface area contributed by atoms with Crippen LogP contribution in [0.25, 0.3) is 44.0 Å². The second-order valence-corrected chi connectivity index (χ2v) is 24.4. The predicted octanol–water partition coefficient (Wildman–Crippen LogP) is 8.96. The van der Waals surface area contributed by atoms with Crippen LogP contribution in [0.2, 0.25) is 0 Å². The topological polar surface area (TPSA) is 187 Å². The zero-order chi connectivity index (χ0) is 57.2. The summed E-state index contributed by atoms with van der Waals surface area (Å²) in [5.74, 6) is 1.29. The fourth-order valence-corrected chi connectivity index (χ4v) is 14.2. The van der Waals surface area contributed by atoms with Gasteiger partial charge < -0.3 is 24.0 Å². The molecule has 12 rings (SSSR count). The van der Waals surface area contributed by atoms with Crippen molar-refractivity contribution in [2.45, 2.75) is 146 Å². The van der Waals surface area contributed by atoms with Crippen LogP contribution < -0.4 is 20.6 Å². The van der Waals surface area contributed by atoms with E-state index in [2.05, 4.69) is 26.0 Å². The Morgan fingerprint density at radius 1 is 0.902 bits per heavy atom. The Balaban J connectivity index is 0.691. The minimum Gasteiger partial charge on any atom is -0.461 e. The van der Waals surface area contributed by atoms with Gasteiger partial charge in [0.25, 0.3) is 0 Å². The highest BCUT2D eigenvalue weighted by atomic mass is 19.1. The lowest BCUT2D eigenvalue weighted by Gasteiger charge is -2.42. The van der Waals surface area contributed by atoms with Gasteiger partial charge in [-0.1, -0.05) is 55.2 Å². The zero-order valence-electron chi connectivity index (χ0n) is 47.1. The highest BCUT2D eigenvalue weighted by molar-refractivity contribution is 6.02. The number of carbonyl (C=O) groups excluding carboxylic acids is 4. The number of piperidine rings is 2. The molecule has 430 valence electrons. The molecule has 6 saturated heterocycles. The molecule has 18 nitrogen and oxygen atoms in total. The number of carbonyl (C=O) groups is 4. The second-order valence-electron chi connectivity index (χ2n) is 24.4. The second kappa shape index (κ2) is 21.9. The molecule has 6 aliphatic heterocycles. The lowest BCUT2D eigenvalue weighted by molar-refractivity contribution is -0.135. The van der Waals surface area contributed by atoms with Gasteiger partial charge in [-0.25, -0.2) is 23.2 Å². The number of nitrogens with zero attached hydrogens (tertiary/aromatic N) is 9. The van der Waals surface area contributed by atoms with Gasteiger partial charge >= 0.3 is 23.9 Å². The van der Waals surface area contributed by atoms with Gasteiger partial charge in [0.1, 0.15) is 47.7 Å². The Hall–Kier alpha value is -7.66. The molecular weight excluding hydrogens is 1050 g/mol. The average molecular weight is 1120 g/mol. The van der Waals surface area contributed by atoms with E-state index in [0.29, 0.717) is 71.6 Å². The molecule has 3 aromatic carbocycles. The molecule has 0 spiro atoms. The Labute approximate surface area is 474 Å². The maximum atomic E-state index is 17.5. The van der Waals surface area contributed by atoms with Crippen molar-refractivity contribution >= 4 is 62.5 Å². The minimum atomic E-state index is -0.729.